The molecule has 9 nitrogen and oxygen atoms in total. The van der Waals surface area contributed by atoms with E-state index in [1.807, 2.05) is 12.1 Å². The standard InChI is InChI=1S/C20H21N7O2/c1-28-14-8-6-13(7-9-14)4-2-10-23-17-15(12-21)19-24-18(16-5-3-11-29-16)26-27(19)20(22)25-17/h3,5-9,11-12,21,23H,2,4,10H2,1H3,(H2,22,25). The van der Waals surface area contributed by atoms with E-state index in [2.05, 4.69) is 32.5 Å². The van der Waals surface area contributed by atoms with Crippen LogP contribution in [0.1, 0.15) is 17.5 Å². The van der Waals surface area contributed by atoms with Crippen LogP contribution in [-0.4, -0.2) is 39.5 Å². The number of ether oxygens (including phenoxy) is 1. The van der Waals surface area contributed by atoms with Crippen LogP contribution >= 0.6 is 0 Å². The van der Waals surface area contributed by atoms with Gasteiger partial charge in [-0.25, -0.2) is 4.98 Å². The number of furan rings is 1. The first kappa shape index (κ1) is 18.5. The Morgan fingerprint density at radius 3 is 2.76 bits per heavy atom. The lowest BCUT2D eigenvalue weighted by Gasteiger charge is -2.10. The summed E-state index contributed by atoms with van der Waals surface area (Å²) < 4.78 is 11.9. The van der Waals surface area contributed by atoms with Gasteiger partial charge < -0.3 is 25.6 Å². The van der Waals surface area contributed by atoms with Gasteiger partial charge in [-0.15, -0.1) is 5.10 Å². The summed E-state index contributed by atoms with van der Waals surface area (Å²) in [5.74, 6) is 2.46. The van der Waals surface area contributed by atoms with Gasteiger partial charge in [-0.2, -0.15) is 9.50 Å². The van der Waals surface area contributed by atoms with Gasteiger partial charge >= 0.3 is 0 Å². The molecular weight excluding hydrogens is 370 g/mol. The second-order valence-electron chi connectivity index (χ2n) is 6.40. The van der Waals surface area contributed by atoms with E-state index in [1.54, 1.807) is 25.5 Å². The third-order valence-corrected chi connectivity index (χ3v) is 4.53. The van der Waals surface area contributed by atoms with Gasteiger partial charge in [0.1, 0.15) is 11.6 Å². The number of aryl methyl sites for hydroxylation is 1. The lowest BCUT2D eigenvalue weighted by Crippen LogP contribution is -2.12. The average molecular weight is 391 g/mol. The van der Waals surface area contributed by atoms with Crippen LogP contribution in [0.15, 0.2) is 47.1 Å². The van der Waals surface area contributed by atoms with Crippen LogP contribution in [0, 0.1) is 5.41 Å². The number of hydrogen-bond donors (Lipinski definition) is 3. The molecule has 3 heterocycles. The number of anilines is 2. The lowest BCUT2D eigenvalue weighted by atomic mass is 10.1. The molecular formula is C20H21N7O2. The molecule has 0 bridgehead atoms. The average Bonchev–Trinajstić information content (AvgIpc) is 3.42. The first-order chi connectivity index (χ1) is 14.2. The highest BCUT2D eigenvalue weighted by Crippen LogP contribution is 2.23. The maximum Gasteiger partial charge on any atom is 0.225 e. The van der Waals surface area contributed by atoms with Crippen LogP contribution in [-0.2, 0) is 6.42 Å². The van der Waals surface area contributed by atoms with Crippen LogP contribution in [0.3, 0.4) is 0 Å². The van der Waals surface area contributed by atoms with E-state index in [9.17, 15) is 0 Å². The number of fused-ring (bicyclic) bond motifs is 1. The van der Waals surface area contributed by atoms with Crippen molar-refractivity contribution < 1.29 is 9.15 Å². The molecule has 4 N–H and O–H groups in total. The van der Waals surface area contributed by atoms with Crippen molar-refractivity contribution in [1.29, 1.82) is 5.41 Å². The summed E-state index contributed by atoms with van der Waals surface area (Å²) in [5, 5.41) is 15.4. The topological polar surface area (TPSA) is 127 Å². The van der Waals surface area contributed by atoms with Crippen LogP contribution in [0.2, 0.25) is 0 Å². The zero-order valence-corrected chi connectivity index (χ0v) is 15.9. The number of hydrogen-bond acceptors (Lipinski definition) is 8. The zero-order chi connectivity index (χ0) is 20.2. The fourth-order valence-corrected chi connectivity index (χ4v) is 3.04. The summed E-state index contributed by atoms with van der Waals surface area (Å²) in [6, 6.07) is 11.5. The number of nitrogen functional groups attached to an aromatic ring is 1. The molecule has 148 valence electrons. The van der Waals surface area contributed by atoms with E-state index < -0.39 is 0 Å². The molecule has 0 amide bonds. The zero-order valence-electron chi connectivity index (χ0n) is 15.9. The van der Waals surface area contributed by atoms with E-state index >= 15 is 0 Å². The second-order valence-corrected chi connectivity index (χ2v) is 6.40. The molecule has 0 atom stereocenters. The van der Waals surface area contributed by atoms with Crippen molar-refractivity contribution in [2.24, 2.45) is 0 Å². The Balaban J connectivity index is 1.50. The lowest BCUT2D eigenvalue weighted by molar-refractivity contribution is 0.414. The molecule has 0 radical (unpaired) electrons. The number of benzene rings is 1. The van der Waals surface area contributed by atoms with Gasteiger partial charge in [0.25, 0.3) is 0 Å². The Kier molecular flexibility index (Phi) is 5.10. The maximum absolute atomic E-state index is 7.81. The Labute approximate surface area is 167 Å². The van der Waals surface area contributed by atoms with E-state index in [0.717, 1.165) is 18.6 Å². The molecule has 0 spiro atoms. The summed E-state index contributed by atoms with van der Waals surface area (Å²) in [4.78, 5) is 8.84. The second kappa shape index (κ2) is 8.01. The van der Waals surface area contributed by atoms with Crippen molar-refractivity contribution in [2.45, 2.75) is 12.8 Å². The Bertz CT molecular complexity index is 1120. The monoisotopic (exact) mass is 391 g/mol. The van der Waals surface area contributed by atoms with Gasteiger partial charge in [0.15, 0.2) is 11.4 Å². The molecule has 4 aromatic rings. The Morgan fingerprint density at radius 2 is 2.07 bits per heavy atom. The van der Waals surface area contributed by atoms with Crippen LogP contribution in [0.25, 0.3) is 17.2 Å². The molecule has 0 unspecified atom stereocenters. The molecule has 3 aromatic heterocycles. The highest BCUT2D eigenvalue weighted by atomic mass is 16.5. The first-order valence-electron chi connectivity index (χ1n) is 9.17. The molecule has 0 saturated carbocycles. The minimum atomic E-state index is 0.188. The van der Waals surface area contributed by atoms with Crippen molar-refractivity contribution >= 4 is 23.6 Å². The van der Waals surface area contributed by atoms with E-state index in [-0.39, 0.29) is 5.95 Å². The molecule has 1 aromatic carbocycles. The van der Waals surface area contributed by atoms with Crippen LogP contribution in [0.5, 0.6) is 5.75 Å². The molecule has 0 aliphatic carbocycles. The highest BCUT2D eigenvalue weighted by molar-refractivity contribution is 5.93. The minimum Gasteiger partial charge on any atom is -0.497 e. The molecule has 29 heavy (non-hydrogen) atoms. The van der Waals surface area contributed by atoms with Crippen LogP contribution < -0.4 is 15.8 Å². The van der Waals surface area contributed by atoms with Gasteiger partial charge in [0.05, 0.1) is 18.9 Å². The maximum atomic E-state index is 7.81. The van der Waals surface area contributed by atoms with E-state index in [1.165, 1.54) is 16.3 Å². The number of aromatic nitrogens is 4. The largest absolute Gasteiger partial charge is 0.497 e. The molecule has 0 aliphatic heterocycles. The number of methoxy groups -OCH3 is 1. The Morgan fingerprint density at radius 1 is 1.24 bits per heavy atom. The molecule has 4 rings (SSSR count). The molecule has 0 aliphatic rings. The van der Waals surface area contributed by atoms with Crippen LogP contribution in [0.4, 0.5) is 11.8 Å². The SMILES string of the molecule is COc1ccc(CCCNc2nc(N)n3nc(-c4ccco4)nc3c2C=N)cc1. The number of nitrogens with two attached hydrogens (primary N) is 1. The Hall–Kier alpha value is -3.88. The number of rotatable bonds is 8. The highest BCUT2D eigenvalue weighted by Gasteiger charge is 2.17. The fraction of sp³-hybridized carbons (Fsp3) is 0.200. The summed E-state index contributed by atoms with van der Waals surface area (Å²) in [6.07, 6.45) is 4.55. The van der Waals surface area contributed by atoms with Gasteiger partial charge in [-0.05, 0) is 42.7 Å². The van der Waals surface area contributed by atoms with Crippen molar-refractivity contribution in [3.8, 4) is 17.3 Å². The molecule has 0 fully saturated rings. The molecule has 9 heteroatoms. The summed E-state index contributed by atoms with van der Waals surface area (Å²) >= 11 is 0. The van der Waals surface area contributed by atoms with Crippen molar-refractivity contribution in [1.82, 2.24) is 19.6 Å². The first-order valence-corrected chi connectivity index (χ1v) is 9.17. The van der Waals surface area contributed by atoms with Gasteiger partial charge in [0.2, 0.25) is 11.8 Å². The minimum absolute atomic E-state index is 0.188. The third-order valence-electron chi connectivity index (χ3n) is 4.53. The van der Waals surface area contributed by atoms with Crippen molar-refractivity contribution in [3.63, 3.8) is 0 Å². The third kappa shape index (κ3) is 3.75. The van der Waals surface area contributed by atoms with Crippen molar-refractivity contribution in [2.75, 3.05) is 24.7 Å². The summed E-state index contributed by atoms with van der Waals surface area (Å²) in [7, 11) is 1.66. The normalized spacial score (nSPS) is 10.9. The quantitative estimate of drug-likeness (QED) is 0.311. The smallest absolute Gasteiger partial charge is 0.225 e. The fourth-order valence-electron chi connectivity index (χ4n) is 3.04. The van der Waals surface area contributed by atoms with Crippen molar-refractivity contribution in [3.05, 3.63) is 53.8 Å². The summed E-state index contributed by atoms with van der Waals surface area (Å²) in [6.45, 7) is 0.675. The van der Waals surface area contributed by atoms with Gasteiger partial charge in [-0.1, -0.05) is 12.1 Å². The summed E-state index contributed by atoms with van der Waals surface area (Å²) in [5.41, 5.74) is 8.26. The molecule has 0 saturated heterocycles. The van der Waals surface area contributed by atoms with Gasteiger partial charge in [-0.3, -0.25) is 0 Å². The predicted molar refractivity (Wildman–Crippen MR) is 111 cm³/mol. The van der Waals surface area contributed by atoms with E-state index in [4.69, 9.17) is 20.3 Å². The van der Waals surface area contributed by atoms with E-state index in [0.29, 0.717) is 35.2 Å². The number of nitrogens with zero attached hydrogens (tertiary/aromatic N) is 4. The van der Waals surface area contributed by atoms with Gasteiger partial charge in [0, 0.05) is 12.8 Å². The predicted octanol–water partition coefficient (Wildman–Crippen LogP) is 3.02. The number of nitrogens with one attached hydrogen (secondary N) is 2.